The predicted molar refractivity (Wildman–Crippen MR) is 63.4 cm³/mol. The summed E-state index contributed by atoms with van der Waals surface area (Å²) in [4.78, 5) is 11.2. The van der Waals surface area contributed by atoms with Gasteiger partial charge in [0.15, 0.2) is 11.5 Å². The number of nitrogens with one attached hydrogen (secondary N) is 1. The number of methoxy groups -OCH3 is 2. The van der Waals surface area contributed by atoms with Gasteiger partial charge < -0.3 is 9.47 Å². The Morgan fingerprint density at radius 2 is 1.88 bits per heavy atom. The monoisotopic (exact) mass is 232 g/mol. The molecule has 0 aliphatic heterocycles. The van der Waals surface area contributed by atoms with Crippen molar-refractivity contribution in [3.05, 3.63) is 40.7 Å². The van der Waals surface area contributed by atoms with E-state index in [9.17, 15) is 4.79 Å². The Balaban J connectivity index is 2.50. The molecule has 1 aromatic carbocycles. The first-order valence-corrected chi connectivity index (χ1v) is 5.01. The molecule has 0 aliphatic rings. The molecule has 5 heteroatoms. The van der Waals surface area contributed by atoms with Crippen molar-refractivity contribution in [1.29, 1.82) is 0 Å². The van der Waals surface area contributed by atoms with Crippen LogP contribution >= 0.6 is 0 Å². The van der Waals surface area contributed by atoms with E-state index in [1.54, 1.807) is 26.4 Å². The highest BCUT2D eigenvalue weighted by Gasteiger charge is 2.06. The van der Waals surface area contributed by atoms with Crippen molar-refractivity contribution < 1.29 is 9.47 Å². The van der Waals surface area contributed by atoms with E-state index >= 15 is 0 Å². The summed E-state index contributed by atoms with van der Waals surface area (Å²) in [6.07, 6.45) is 1.23. The van der Waals surface area contributed by atoms with Crippen molar-refractivity contribution in [2.75, 3.05) is 14.2 Å². The zero-order chi connectivity index (χ0) is 12.3. The quantitative estimate of drug-likeness (QED) is 0.870. The van der Waals surface area contributed by atoms with Crippen LogP contribution in [0.4, 0.5) is 0 Å². The Hall–Kier alpha value is -2.30. The number of ether oxygens (including phenoxy) is 2. The maximum atomic E-state index is 11.2. The number of rotatable bonds is 3. The second kappa shape index (κ2) is 4.69. The molecule has 1 N–H and O–H groups in total. The third kappa shape index (κ3) is 2.28. The van der Waals surface area contributed by atoms with Crippen molar-refractivity contribution in [3.63, 3.8) is 0 Å². The molecular weight excluding hydrogens is 220 g/mol. The van der Waals surface area contributed by atoms with Crippen molar-refractivity contribution in [3.8, 4) is 22.8 Å². The molecule has 0 fully saturated rings. The standard InChI is InChI=1S/C12H12N2O3/c1-16-11-4-3-8(5-12(11)17-2)10-6-9(15)7-13-14-10/h3-7H,1-2H3,(H,14,15). The minimum absolute atomic E-state index is 0.145. The van der Waals surface area contributed by atoms with Gasteiger partial charge in [-0.1, -0.05) is 0 Å². The molecule has 0 saturated heterocycles. The van der Waals surface area contributed by atoms with Crippen molar-refractivity contribution >= 4 is 0 Å². The van der Waals surface area contributed by atoms with Crippen LogP contribution in [0.3, 0.4) is 0 Å². The van der Waals surface area contributed by atoms with Crippen LogP contribution in [0.25, 0.3) is 11.3 Å². The Morgan fingerprint density at radius 1 is 1.12 bits per heavy atom. The van der Waals surface area contributed by atoms with Crippen LogP contribution in [0.2, 0.25) is 0 Å². The Morgan fingerprint density at radius 3 is 2.53 bits per heavy atom. The number of nitrogens with zero attached hydrogens (tertiary/aromatic N) is 1. The first-order valence-electron chi connectivity index (χ1n) is 5.01. The van der Waals surface area contributed by atoms with E-state index in [0.717, 1.165) is 5.56 Å². The van der Waals surface area contributed by atoms with Gasteiger partial charge in [0.2, 0.25) is 5.43 Å². The van der Waals surface area contributed by atoms with E-state index in [4.69, 9.17) is 9.47 Å². The van der Waals surface area contributed by atoms with E-state index in [1.807, 2.05) is 6.07 Å². The molecule has 2 aromatic rings. The highest BCUT2D eigenvalue weighted by molar-refractivity contribution is 5.63. The van der Waals surface area contributed by atoms with Crippen molar-refractivity contribution in [2.24, 2.45) is 0 Å². The van der Waals surface area contributed by atoms with Crippen LogP contribution in [0.5, 0.6) is 11.5 Å². The molecule has 0 amide bonds. The minimum atomic E-state index is -0.145. The average molecular weight is 232 g/mol. The smallest absolute Gasteiger partial charge is 0.200 e. The predicted octanol–water partition coefficient (Wildman–Crippen LogP) is 1.45. The van der Waals surface area contributed by atoms with Gasteiger partial charge >= 0.3 is 0 Å². The van der Waals surface area contributed by atoms with Crippen LogP contribution in [0.15, 0.2) is 35.3 Å². The fraction of sp³-hybridized carbons (Fsp3) is 0.167. The largest absolute Gasteiger partial charge is 0.493 e. The summed E-state index contributed by atoms with van der Waals surface area (Å²) < 4.78 is 10.3. The number of hydrogen-bond acceptors (Lipinski definition) is 4. The van der Waals surface area contributed by atoms with Gasteiger partial charge in [0, 0.05) is 11.6 Å². The molecule has 1 aromatic heterocycles. The average Bonchev–Trinajstić information content (AvgIpc) is 2.38. The molecule has 0 bridgehead atoms. The van der Waals surface area contributed by atoms with Crippen LogP contribution in [-0.2, 0) is 0 Å². The van der Waals surface area contributed by atoms with Crippen LogP contribution < -0.4 is 14.9 Å². The fourth-order valence-corrected chi connectivity index (χ4v) is 1.53. The summed E-state index contributed by atoms with van der Waals surface area (Å²) in [5, 5.41) is 6.52. The first-order chi connectivity index (χ1) is 8.24. The molecule has 0 saturated carbocycles. The number of aromatic nitrogens is 2. The maximum absolute atomic E-state index is 11.2. The lowest BCUT2D eigenvalue weighted by molar-refractivity contribution is 0.355. The first kappa shape index (κ1) is 11.2. The molecule has 88 valence electrons. The van der Waals surface area contributed by atoms with Gasteiger partial charge in [-0.2, -0.15) is 5.10 Å². The second-order valence-corrected chi connectivity index (χ2v) is 3.40. The summed E-state index contributed by atoms with van der Waals surface area (Å²) in [6, 6.07) is 6.87. The van der Waals surface area contributed by atoms with Crippen LogP contribution in [0, 0.1) is 0 Å². The molecular formula is C12H12N2O3. The van der Waals surface area contributed by atoms with Gasteiger partial charge in [-0.05, 0) is 18.2 Å². The summed E-state index contributed by atoms with van der Waals surface area (Å²) in [5.74, 6) is 1.25. The fourth-order valence-electron chi connectivity index (χ4n) is 1.53. The molecule has 0 atom stereocenters. The lowest BCUT2D eigenvalue weighted by Gasteiger charge is -2.09. The van der Waals surface area contributed by atoms with Gasteiger partial charge in [0.05, 0.1) is 26.1 Å². The van der Waals surface area contributed by atoms with Crippen molar-refractivity contribution in [2.45, 2.75) is 0 Å². The summed E-state index contributed by atoms with van der Waals surface area (Å²) >= 11 is 0. The maximum Gasteiger partial charge on any atom is 0.200 e. The topological polar surface area (TPSA) is 64.2 Å². The summed E-state index contributed by atoms with van der Waals surface area (Å²) in [5.41, 5.74) is 1.31. The van der Waals surface area contributed by atoms with E-state index < -0.39 is 0 Å². The number of aromatic amines is 1. The lowest BCUT2D eigenvalue weighted by atomic mass is 10.1. The third-order valence-corrected chi connectivity index (χ3v) is 2.36. The number of benzene rings is 1. The SMILES string of the molecule is COc1ccc(-c2cc(=O)cn[nH]2)cc1OC. The Kier molecular flexibility index (Phi) is 3.09. The van der Waals surface area contributed by atoms with Gasteiger partial charge in [-0.3, -0.25) is 9.89 Å². The lowest BCUT2D eigenvalue weighted by Crippen LogP contribution is -2.01. The highest BCUT2D eigenvalue weighted by Crippen LogP contribution is 2.30. The van der Waals surface area contributed by atoms with Crippen LogP contribution in [0.1, 0.15) is 0 Å². The minimum Gasteiger partial charge on any atom is -0.493 e. The van der Waals surface area contributed by atoms with Gasteiger partial charge in [0.1, 0.15) is 0 Å². The molecule has 0 spiro atoms. The Bertz CT molecular complexity index is 578. The zero-order valence-electron chi connectivity index (χ0n) is 9.56. The van der Waals surface area contributed by atoms with E-state index in [-0.39, 0.29) is 5.43 Å². The van der Waals surface area contributed by atoms with E-state index in [1.165, 1.54) is 12.3 Å². The normalized spacial score (nSPS) is 10.0. The van der Waals surface area contributed by atoms with E-state index in [0.29, 0.717) is 17.2 Å². The molecule has 1 heterocycles. The van der Waals surface area contributed by atoms with Gasteiger partial charge in [-0.15, -0.1) is 0 Å². The summed E-state index contributed by atoms with van der Waals surface area (Å²) in [6.45, 7) is 0. The summed E-state index contributed by atoms with van der Waals surface area (Å²) in [7, 11) is 3.14. The number of hydrogen-bond donors (Lipinski definition) is 1. The Labute approximate surface area is 98.0 Å². The zero-order valence-corrected chi connectivity index (χ0v) is 9.56. The number of H-pyrrole nitrogens is 1. The molecule has 0 unspecified atom stereocenters. The van der Waals surface area contributed by atoms with Gasteiger partial charge in [-0.25, -0.2) is 0 Å². The molecule has 2 rings (SSSR count). The second-order valence-electron chi connectivity index (χ2n) is 3.40. The third-order valence-electron chi connectivity index (χ3n) is 2.36. The molecule has 17 heavy (non-hydrogen) atoms. The van der Waals surface area contributed by atoms with E-state index in [2.05, 4.69) is 10.2 Å². The highest BCUT2D eigenvalue weighted by atomic mass is 16.5. The van der Waals surface area contributed by atoms with Crippen molar-refractivity contribution in [1.82, 2.24) is 10.2 Å². The molecule has 0 radical (unpaired) electrons. The van der Waals surface area contributed by atoms with Gasteiger partial charge in [0.25, 0.3) is 0 Å². The van der Waals surface area contributed by atoms with Crippen LogP contribution in [-0.4, -0.2) is 24.4 Å². The molecule has 5 nitrogen and oxygen atoms in total. The molecule has 0 aliphatic carbocycles.